The Hall–Kier alpha value is -1.01. The first-order valence-electron chi connectivity index (χ1n) is 6.43. The molecule has 0 spiro atoms. The van der Waals surface area contributed by atoms with E-state index >= 15 is 0 Å². The molecule has 2 rings (SSSR count). The molecule has 0 aliphatic heterocycles. The maximum atomic E-state index is 8.62. The van der Waals surface area contributed by atoms with Crippen LogP contribution in [0.2, 0.25) is 0 Å². The van der Waals surface area contributed by atoms with Crippen LogP contribution in [0.5, 0.6) is 5.75 Å². The molecule has 0 saturated heterocycles. The van der Waals surface area contributed by atoms with E-state index in [0.29, 0.717) is 11.8 Å². The summed E-state index contributed by atoms with van der Waals surface area (Å²) in [6, 6.07) is 10.0. The molecule has 1 aliphatic carbocycles. The van der Waals surface area contributed by atoms with Crippen LogP contribution in [-0.4, -0.2) is 11.9 Å². The van der Waals surface area contributed by atoms with Gasteiger partial charge in [-0.1, -0.05) is 40.9 Å². The van der Waals surface area contributed by atoms with Crippen molar-refractivity contribution in [3.63, 3.8) is 0 Å². The van der Waals surface area contributed by atoms with E-state index in [0.717, 1.165) is 23.2 Å². The molecule has 1 aromatic rings. The third-order valence-electron chi connectivity index (χ3n) is 3.70. The smallest absolute Gasteiger partial charge is 0.119 e. The van der Waals surface area contributed by atoms with E-state index in [9.17, 15) is 0 Å². The zero-order chi connectivity index (χ0) is 12.8. The summed E-state index contributed by atoms with van der Waals surface area (Å²) in [6.45, 7) is 0.788. The molecule has 0 radical (unpaired) electrons. The Morgan fingerprint density at radius 1 is 1.22 bits per heavy atom. The molecule has 1 aliphatic rings. The van der Waals surface area contributed by atoms with E-state index in [4.69, 9.17) is 10.00 Å². The number of nitrogens with zero attached hydrogens (tertiary/aromatic N) is 1. The Kier molecular flexibility index (Phi) is 4.66. The number of hydrogen-bond donors (Lipinski definition) is 0. The van der Waals surface area contributed by atoms with Crippen molar-refractivity contribution in [3.8, 4) is 11.8 Å². The fraction of sp³-hybridized carbons (Fsp3) is 0.533. The minimum atomic E-state index is 0.325. The molecular weight excluding hydrogens is 290 g/mol. The van der Waals surface area contributed by atoms with Gasteiger partial charge in [-0.05, 0) is 30.5 Å². The van der Waals surface area contributed by atoms with Crippen molar-refractivity contribution in [2.75, 3.05) is 11.9 Å². The molecule has 0 unspecified atom stereocenters. The molecule has 18 heavy (non-hydrogen) atoms. The summed E-state index contributed by atoms with van der Waals surface area (Å²) in [5.41, 5.74) is 1.37. The predicted molar refractivity (Wildman–Crippen MR) is 75.9 cm³/mol. The normalized spacial score (nSPS) is 17.3. The average Bonchev–Trinajstić information content (AvgIpc) is 2.88. The van der Waals surface area contributed by atoms with Crippen LogP contribution >= 0.6 is 15.9 Å². The summed E-state index contributed by atoms with van der Waals surface area (Å²) < 4.78 is 5.90. The molecule has 0 bridgehead atoms. The summed E-state index contributed by atoms with van der Waals surface area (Å²) >= 11 is 3.62. The van der Waals surface area contributed by atoms with Crippen LogP contribution in [0.1, 0.15) is 31.2 Å². The monoisotopic (exact) mass is 307 g/mol. The molecule has 0 amide bonds. The van der Waals surface area contributed by atoms with E-state index in [1.165, 1.54) is 25.7 Å². The third kappa shape index (κ3) is 3.26. The molecule has 96 valence electrons. The number of ether oxygens (including phenoxy) is 1. The van der Waals surface area contributed by atoms with E-state index in [2.05, 4.69) is 22.0 Å². The zero-order valence-electron chi connectivity index (χ0n) is 10.5. The topological polar surface area (TPSA) is 33.0 Å². The quantitative estimate of drug-likeness (QED) is 0.768. The van der Waals surface area contributed by atoms with E-state index < -0.39 is 0 Å². The van der Waals surface area contributed by atoms with Crippen LogP contribution in [0.4, 0.5) is 0 Å². The SMILES string of the molecule is N#CCc1ccc(OCC2(CBr)CCCC2)cc1. The van der Waals surface area contributed by atoms with Crippen LogP contribution < -0.4 is 4.74 Å². The van der Waals surface area contributed by atoms with Gasteiger partial charge in [-0.25, -0.2) is 0 Å². The standard InChI is InChI=1S/C15H18BrNO/c16-11-15(8-1-2-9-15)12-18-14-5-3-13(4-6-14)7-10-17/h3-6H,1-2,7-9,11-12H2. The van der Waals surface area contributed by atoms with Gasteiger partial charge >= 0.3 is 0 Å². The van der Waals surface area contributed by atoms with Gasteiger partial charge in [0.2, 0.25) is 0 Å². The lowest BCUT2D eigenvalue weighted by molar-refractivity contribution is 0.174. The van der Waals surface area contributed by atoms with Crippen molar-refractivity contribution < 1.29 is 4.74 Å². The van der Waals surface area contributed by atoms with Gasteiger partial charge in [0.05, 0.1) is 19.1 Å². The van der Waals surface area contributed by atoms with Gasteiger partial charge in [0.15, 0.2) is 0 Å². The zero-order valence-corrected chi connectivity index (χ0v) is 12.1. The number of nitriles is 1. The molecular formula is C15H18BrNO. The van der Waals surface area contributed by atoms with Crippen LogP contribution in [-0.2, 0) is 6.42 Å². The highest BCUT2D eigenvalue weighted by Gasteiger charge is 2.33. The number of alkyl halides is 1. The van der Waals surface area contributed by atoms with Gasteiger partial charge in [-0.2, -0.15) is 5.26 Å². The number of hydrogen-bond acceptors (Lipinski definition) is 2. The van der Waals surface area contributed by atoms with Gasteiger partial charge in [-0.15, -0.1) is 0 Å². The number of benzene rings is 1. The van der Waals surface area contributed by atoms with Gasteiger partial charge in [0.25, 0.3) is 0 Å². The second-order valence-corrected chi connectivity index (χ2v) is 5.67. The van der Waals surface area contributed by atoms with Gasteiger partial charge in [0.1, 0.15) is 5.75 Å². The van der Waals surface area contributed by atoms with Crippen LogP contribution in [0, 0.1) is 16.7 Å². The first-order valence-corrected chi connectivity index (χ1v) is 7.55. The summed E-state index contributed by atoms with van der Waals surface area (Å²) in [5.74, 6) is 0.906. The van der Waals surface area contributed by atoms with Crippen molar-refractivity contribution >= 4 is 15.9 Å². The maximum Gasteiger partial charge on any atom is 0.119 e. The van der Waals surface area contributed by atoms with Gasteiger partial charge in [0, 0.05) is 10.7 Å². The van der Waals surface area contributed by atoms with E-state index in [-0.39, 0.29) is 0 Å². The predicted octanol–water partition coefficient (Wildman–Crippen LogP) is 4.09. The van der Waals surface area contributed by atoms with E-state index in [1.807, 2.05) is 24.3 Å². The molecule has 0 aromatic heterocycles. The van der Waals surface area contributed by atoms with Crippen molar-refractivity contribution in [2.24, 2.45) is 5.41 Å². The molecule has 0 N–H and O–H groups in total. The summed E-state index contributed by atoms with van der Waals surface area (Å²) in [7, 11) is 0. The van der Waals surface area contributed by atoms with Gasteiger partial charge < -0.3 is 4.74 Å². The summed E-state index contributed by atoms with van der Waals surface area (Å²) in [6.07, 6.45) is 5.60. The van der Waals surface area contributed by atoms with Crippen molar-refractivity contribution in [3.05, 3.63) is 29.8 Å². The average molecular weight is 308 g/mol. The highest BCUT2D eigenvalue weighted by atomic mass is 79.9. The fourth-order valence-electron chi connectivity index (χ4n) is 2.47. The molecule has 0 atom stereocenters. The Bertz CT molecular complexity index is 415. The molecule has 1 fully saturated rings. The largest absolute Gasteiger partial charge is 0.493 e. The van der Waals surface area contributed by atoms with E-state index in [1.54, 1.807) is 0 Å². The Labute approximate surface area is 117 Å². The molecule has 1 saturated carbocycles. The Balaban J connectivity index is 1.91. The molecule has 0 heterocycles. The highest BCUT2D eigenvalue weighted by Crippen LogP contribution is 2.39. The lowest BCUT2D eigenvalue weighted by Gasteiger charge is -2.26. The summed E-state index contributed by atoms with van der Waals surface area (Å²) in [5, 5.41) is 9.64. The van der Waals surface area contributed by atoms with Crippen molar-refractivity contribution in [2.45, 2.75) is 32.1 Å². The second kappa shape index (κ2) is 6.24. The number of rotatable bonds is 5. The lowest BCUT2D eigenvalue weighted by Crippen LogP contribution is -2.26. The van der Waals surface area contributed by atoms with Crippen molar-refractivity contribution in [1.29, 1.82) is 5.26 Å². The first kappa shape index (κ1) is 13.4. The minimum absolute atomic E-state index is 0.325. The highest BCUT2D eigenvalue weighted by molar-refractivity contribution is 9.09. The Morgan fingerprint density at radius 2 is 1.89 bits per heavy atom. The van der Waals surface area contributed by atoms with Gasteiger partial charge in [-0.3, -0.25) is 0 Å². The second-order valence-electron chi connectivity index (χ2n) is 5.11. The first-order chi connectivity index (χ1) is 8.78. The molecule has 2 nitrogen and oxygen atoms in total. The van der Waals surface area contributed by atoms with Crippen LogP contribution in [0.15, 0.2) is 24.3 Å². The lowest BCUT2D eigenvalue weighted by atomic mass is 9.90. The van der Waals surface area contributed by atoms with Crippen LogP contribution in [0.3, 0.4) is 0 Å². The molecule has 3 heteroatoms. The van der Waals surface area contributed by atoms with Crippen LogP contribution in [0.25, 0.3) is 0 Å². The Morgan fingerprint density at radius 3 is 2.44 bits per heavy atom. The third-order valence-corrected chi connectivity index (χ3v) is 4.89. The fourth-order valence-corrected chi connectivity index (χ4v) is 3.20. The minimum Gasteiger partial charge on any atom is -0.493 e. The molecule has 1 aromatic carbocycles. The summed E-state index contributed by atoms with van der Waals surface area (Å²) in [4.78, 5) is 0. The maximum absolute atomic E-state index is 8.62. The van der Waals surface area contributed by atoms with Crippen molar-refractivity contribution in [1.82, 2.24) is 0 Å². The number of halogens is 1.